The van der Waals surface area contributed by atoms with Gasteiger partial charge in [0.15, 0.2) is 11.5 Å². The van der Waals surface area contributed by atoms with Crippen LogP contribution in [-0.4, -0.2) is 29.2 Å². The molecule has 1 aliphatic heterocycles. The molecule has 5 nitrogen and oxygen atoms in total. The minimum atomic E-state index is -0.272. The van der Waals surface area contributed by atoms with Gasteiger partial charge in [0, 0.05) is 16.0 Å². The lowest BCUT2D eigenvalue weighted by molar-refractivity contribution is -0.122. The molecule has 0 aromatic heterocycles. The predicted molar refractivity (Wildman–Crippen MR) is 149 cm³/mol. The Morgan fingerprint density at radius 3 is 2.42 bits per heavy atom. The number of benzene rings is 3. The van der Waals surface area contributed by atoms with E-state index in [2.05, 4.69) is 15.9 Å². The molecule has 1 aliphatic rings. The largest absolute Gasteiger partial charge is 0.490 e. The molecular formula is C28H25BrClNO4S. The van der Waals surface area contributed by atoms with Crippen molar-refractivity contribution >= 4 is 56.5 Å². The minimum Gasteiger partial charge on any atom is -0.490 e. The summed E-state index contributed by atoms with van der Waals surface area (Å²) >= 11 is 10.5. The van der Waals surface area contributed by atoms with Crippen molar-refractivity contribution in [1.82, 2.24) is 4.90 Å². The van der Waals surface area contributed by atoms with Crippen LogP contribution in [0.5, 0.6) is 11.5 Å². The lowest BCUT2D eigenvalue weighted by Gasteiger charge is -2.14. The first kappa shape index (κ1) is 26.3. The van der Waals surface area contributed by atoms with Crippen LogP contribution in [0.2, 0.25) is 5.02 Å². The molecule has 1 saturated heterocycles. The number of nitrogens with zero attached hydrogens (tertiary/aromatic N) is 1. The zero-order chi connectivity index (χ0) is 25.5. The van der Waals surface area contributed by atoms with Gasteiger partial charge in [-0.2, -0.15) is 0 Å². The van der Waals surface area contributed by atoms with E-state index < -0.39 is 0 Å². The van der Waals surface area contributed by atoms with E-state index in [-0.39, 0.29) is 11.1 Å². The van der Waals surface area contributed by atoms with Crippen LogP contribution in [0.4, 0.5) is 4.79 Å². The first-order valence-corrected chi connectivity index (χ1v) is 13.6. The van der Waals surface area contributed by atoms with E-state index in [0.717, 1.165) is 33.8 Å². The summed E-state index contributed by atoms with van der Waals surface area (Å²) in [5.74, 6) is 0.860. The summed E-state index contributed by atoms with van der Waals surface area (Å²) in [7, 11) is 0. The minimum absolute atomic E-state index is 0.247. The molecule has 4 rings (SSSR count). The quantitative estimate of drug-likeness (QED) is 0.227. The van der Waals surface area contributed by atoms with Gasteiger partial charge in [-0.25, -0.2) is 0 Å². The Balaban J connectivity index is 1.46. The summed E-state index contributed by atoms with van der Waals surface area (Å²) in [6, 6.07) is 21.1. The van der Waals surface area contributed by atoms with Crippen molar-refractivity contribution in [3.63, 3.8) is 0 Å². The van der Waals surface area contributed by atoms with E-state index in [4.69, 9.17) is 21.1 Å². The van der Waals surface area contributed by atoms with Gasteiger partial charge >= 0.3 is 0 Å². The van der Waals surface area contributed by atoms with Gasteiger partial charge in [0.1, 0.15) is 6.61 Å². The number of carbonyl (C=O) groups is 2. The van der Waals surface area contributed by atoms with Gasteiger partial charge in [-0.15, -0.1) is 0 Å². The van der Waals surface area contributed by atoms with Gasteiger partial charge in [0.25, 0.3) is 11.1 Å². The van der Waals surface area contributed by atoms with Crippen molar-refractivity contribution in [2.24, 2.45) is 0 Å². The van der Waals surface area contributed by atoms with Crippen LogP contribution in [0.15, 0.2) is 76.1 Å². The zero-order valence-corrected chi connectivity index (χ0v) is 22.9. The van der Waals surface area contributed by atoms with Crippen molar-refractivity contribution in [1.29, 1.82) is 0 Å². The standard InChI is InChI=1S/C28H25BrClNO4S/c1-2-34-24-15-21(23(29)17-25(24)35-18-20-10-12-22(30)13-11-20)16-26-27(32)31(28(33)36-26)14-6-9-19-7-4-3-5-8-19/h3-5,7-8,10-13,15-17H,2,6,9,14,18H2,1H3/b26-16+. The molecule has 0 saturated carbocycles. The van der Waals surface area contributed by atoms with E-state index in [1.807, 2.05) is 73.7 Å². The Hall–Kier alpha value is -2.74. The molecular weight excluding hydrogens is 562 g/mol. The molecule has 1 fully saturated rings. The molecule has 3 aromatic rings. The van der Waals surface area contributed by atoms with Crippen molar-refractivity contribution in [3.8, 4) is 11.5 Å². The van der Waals surface area contributed by atoms with Crippen molar-refractivity contribution in [2.45, 2.75) is 26.4 Å². The van der Waals surface area contributed by atoms with E-state index in [1.165, 1.54) is 10.5 Å². The highest BCUT2D eigenvalue weighted by Gasteiger charge is 2.34. The molecule has 0 bridgehead atoms. The normalized spacial score (nSPS) is 14.5. The van der Waals surface area contributed by atoms with Crippen LogP contribution in [0.3, 0.4) is 0 Å². The van der Waals surface area contributed by atoms with E-state index >= 15 is 0 Å². The first-order chi connectivity index (χ1) is 17.4. The molecule has 0 atom stereocenters. The van der Waals surface area contributed by atoms with Crippen LogP contribution in [0, 0.1) is 0 Å². The summed E-state index contributed by atoms with van der Waals surface area (Å²) in [6.07, 6.45) is 3.24. The van der Waals surface area contributed by atoms with Crippen LogP contribution < -0.4 is 9.47 Å². The number of halogens is 2. The number of hydrogen-bond acceptors (Lipinski definition) is 5. The zero-order valence-electron chi connectivity index (χ0n) is 19.7. The Morgan fingerprint density at radius 1 is 0.972 bits per heavy atom. The maximum Gasteiger partial charge on any atom is 0.293 e. The Morgan fingerprint density at radius 2 is 1.69 bits per heavy atom. The smallest absolute Gasteiger partial charge is 0.293 e. The summed E-state index contributed by atoms with van der Waals surface area (Å²) in [6.45, 7) is 3.09. The maximum atomic E-state index is 13.0. The number of amides is 2. The van der Waals surface area contributed by atoms with Gasteiger partial charge in [-0.3, -0.25) is 14.5 Å². The molecule has 0 aliphatic carbocycles. The third kappa shape index (κ3) is 6.72. The highest BCUT2D eigenvalue weighted by Crippen LogP contribution is 2.38. The highest BCUT2D eigenvalue weighted by molar-refractivity contribution is 9.10. The average Bonchev–Trinajstić information content (AvgIpc) is 3.14. The summed E-state index contributed by atoms with van der Waals surface area (Å²) in [5, 5.41) is 0.421. The van der Waals surface area contributed by atoms with Crippen molar-refractivity contribution in [2.75, 3.05) is 13.2 Å². The van der Waals surface area contributed by atoms with Gasteiger partial charge in [0.05, 0.1) is 11.5 Å². The molecule has 0 radical (unpaired) electrons. The number of aryl methyl sites for hydroxylation is 1. The average molecular weight is 587 g/mol. The van der Waals surface area contributed by atoms with Crippen molar-refractivity contribution < 1.29 is 19.1 Å². The van der Waals surface area contributed by atoms with Crippen LogP contribution in [-0.2, 0) is 17.8 Å². The maximum absolute atomic E-state index is 13.0. The number of carbonyl (C=O) groups excluding carboxylic acids is 2. The molecule has 8 heteroatoms. The van der Waals surface area contributed by atoms with Gasteiger partial charge in [0.2, 0.25) is 0 Å². The second-order valence-electron chi connectivity index (χ2n) is 8.09. The predicted octanol–water partition coefficient (Wildman–Crippen LogP) is 7.75. The van der Waals surface area contributed by atoms with E-state index in [1.54, 1.807) is 6.08 Å². The van der Waals surface area contributed by atoms with Gasteiger partial charge in [-0.05, 0) is 78.6 Å². The number of imide groups is 1. The third-order valence-corrected chi connectivity index (χ3v) is 7.37. The summed E-state index contributed by atoms with van der Waals surface area (Å²) in [5.41, 5.74) is 2.89. The van der Waals surface area contributed by atoms with Gasteiger partial charge < -0.3 is 9.47 Å². The second-order valence-corrected chi connectivity index (χ2v) is 10.4. The fourth-order valence-electron chi connectivity index (χ4n) is 3.70. The molecule has 0 N–H and O–H groups in total. The Bertz CT molecular complexity index is 1260. The number of hydrogen-bond donors (Lipinski definition) is 0. The van der Waals surface area contributed by atoms with Crippen LogP contribution >= 0.6 is 39.3 Å². The number of ether oxygens (including phenoxy) is 2. The molecule has 1 heterocycles. The molecule has 2 amide bonds. The summed E-state index contributed by atoms with van der Waals surface area (Å²) in [4.78, 5) is 27.2. The fraction of sp³-hybridized carbons (Fsp3) is 0.214. The highest BCUT2D eigenvalue weighted by atomic mass is 79.9. The monoisotopic (exact) mass is 585 g/mol. The van der Waals surface area contributed by atoms with Crippen LogP contribution in [0.1, 0.15) is 30.0 Å². The summed E-state index contributed by atoms with van der Waals surface area (Å²) < 4.78 is 12.5. The SMILES string of the molecule is CCOc1cc(/C=C2/SC(=O)N(CCCc3ccccc3)C2=O)c(Br)cc1OCc1ccc(Cl)cc1. The third-order valence-electron chi connectivity index (χ3n) is 5.52. The number of rotatable bonds is 10. The lowest BCUT2D eigenvalue weighted by Crippen LogP contribution is -2.29. The van der Waals surface area contributed by atoms with E-state index in [0.29, 0.717) is 47.6 Å². The van der Waals surface area contributed by atoms with Crippen LogP contribution in [0.25, 0.3) is 6.08 Å². The Kier molecular flexibility index (Phi) is 9.13. The second kappa shape index (κ2) is 12.5. The van der Waals surface area contributed by atoms with Gasteiger partial charge in [-0.1, -0.05) is 70.0 Å². The molecule has 3 aromatic carbocycles. The first-order valence-electron chi connectivity index (χ1n) is 11.6. The Labute approximate surface area is 228 Å². The fourth-order valence-corrected chi connectivity index (χ4v) is 5.12. The van der Waals surface area contributed by atoms with E-state index in [9.17, 15) is 9.59 Å². The van der Waals surface area contributed by atoms with Crippen molar-refractivity contribution in [3.05, 3.63) is 97.8 Å². The molecule has 0 unspecified atom stereocenters. The lowest BCUT2D eigenvalue weighted by atomic mass is 10.1. The molecule has 36 heavy (non-hydrogen) atoms. The number of thioether (sulfide) groups is 1. The molecule has 0 spiro atoms. The topological polar surface area (TPSA) is 55.8 Å². The molecule has 186 valence electrons.